The number of rotatable bonds is 6. The van der Waals surface area contributed by atoms with Crippen molar-refractivity contribution >= 4 is 38.1 Å². The number of carbonyl (C=O) groups is 1. The summed E-state index contributed by atoms with van der Waals surface area (Å²) in [5.74, 6) is -0.296. The highest BCUT2D eigenvalue weighted by Gasteiger charge is 2.16. The van der Waals surface area contributed by atoms with Crippen LogP contribution in [0.15, 0.2) is 89.4 Å². The molecule has 2 aromatic carbocycles. The highest BCUT2D eigenvalue weighted by molar-refractivity contribution is 7.93. The van der Waals surface area contributed by atoms with Gasteiger partial charge in [-0.3, -0.25) is 9.52 Å². The van der Waals surface area contributed by atoms with Gasteiger partial charge in [-0.05, 0) is 48.5 Å². The topological polar surface area (TPSA) is 93.1 Å². The van der Waals surface area contributed by atoms with Crippen molar-refractivity contribution in [2.75, 3.05) is 10.0 Å². The van der Waals surface area contributed by atoms with Crippen molar-refractivity contribution in [2.24, 2.45) is 0 Å². The predicted octanol–water partition coefficient (Wildman–Crippen LogP) is 3.99. The van der Waals surface area contributed by atoms with E-state index in [2.05, 4.69) is 15.0 Å². The van der Waals surface area contributed by atoms with Gasteiger partial charge >= 0.3 is 0 Å². The first kappa shape index (κ1) is 18.9. The molecule has 0 radical (unpaired) electrons. The number of carbonyl (C=O) groups excluding carboxylic acids is 1. The van der Waals surface area contributed by atoms with Crippen LogP contribution in [-0.4, -0.2) is 23.9 Å². The fraction of sp³-hybridized carbons (Fsp3) is 0. The monoisotopic (exact) mass is 424 g/mol. The van der Waals surface area contributed by atoms with Crippen LogP contribution in [0.25, 0.3) is 5.69 Å². The molecule has 0 saturated heterocycles. The molecule has 0 fully saturated rings. The Labute approximate surface area is 171 Å². The number of hydrogen-bond acceptors (Lipinski definition) is 5. The molecule has 0 saturated carbocycles. The standard InChI is InChI=1S/C20H16N4O3S2/c25-19(18-7-4-13-24(18)16-5-2-1-3-6-16)22-15-8-10-17(11-9-15)29(26,27)23-20-21-12-14-28-20/h1-14H,(H,21,23)(H,22,25). The van der Waals surface area contributed by atoms with Gasteiger partial charge in [0.25, 0.3) is 15.9 Å². The SMILES string of the molecule is O=C(Nc1ccc(S(=O)(=O)Nc2nccs2)cc1)c1cccn1-c1ccccc1. The van der Waals surface area contributed by atoms with E-state index in [1.54, 1.807) is 34.2 Å². The van der Waals surface area contributed by atoms with Crippen LogP contribution in [0, 0.1) is 0 Å². The quantitative estimate of drug-likeness (QED) is 0.489. The fourth-order valence-corrected chi connectivity index (χ4v) is 4.53. The highest BCUT2D eigenvalue weighted by atomic mass is 32.2. The van der Waals surface area contributed by atoms with Crippen LogP contribution in [0.1, 0.15) is 10.5 Å². The molecule has 146 valence electrons. The number of anilines is 2. The molecule has 4 aromatic rings. The Balaban J connectivity index is 1.50. The Hall–Kier alpha value is -3.43. The molecule has 7 nitrogen and oxygen atoms in total. The molecule has 1 amide bonds. The van der Waals surface area contributed by atoms with Crippen LogP contribution in [0.3, 0.4) is 0 Å². The van der Waals surface area contributed by atoms with E-state index < -0.39 is 10.0 Å². The summed E-state index contributed by atoms with van der Waals surface area (Å²) in [5, 5.41) is 4.77. The van der Waals surface area contributed by atoms with Gasteiger partial charge in [0.1, 0.15) is 5.69 Å². The number of thiazole rings is 1. The summed E-state index contributed by atoms with van der Waals surface area (Å²) in [4.78, 5) is 16.7. The minimum absolute atomic E-state index is 0.0818. The van der Waals surface area contributed by atoms with Crippen molar-refractivity contribution in [2.45, 2.75) is 4.90 Å². The van der Waals surface area contributed by atoms with Crippen molar-refractivity contribution in [3.8, 4) is 5.69 Å². The number of aromatic nitrogens is 2. The Kier molecular flexibility index (Phi) is 5.15. The molecule has 9 heteroatoms. The van der Waals surface area contributed by atoms with Crippen LogP contribution in [0.2, 0.25) is 0 Å². The first-order valence-corrected chi connectivity index (χ1v) is 11.0. The average Bonchev–Trinajstić information content (AvgIpc) is 3.41. The third kappa shape index (κ3) is 4.20. The van der Waals surface area contributed by atoms with E-state index in [0.29, 0.717) is 16.5 Å². The summed E-state index contributed by atoms with van der Waals surface area (Å²) in [6.07, 6.45) is 3.33. The number of hydrogen-bond donors (Lipinski definition) is 2. The molecule has 0 aliphatic carbocycles. The number of benzene rings is 2. The fourth-order valence-electron chi connectivity index (χ4n) is 2.74. The van der Waals surface area contributed by atoms with Crippen molar-refractivity contribution in [3.63, 3.8) is 0 Å². The van der Waals surface area contributed by atoms with Crippen LogP contribution >= 0.6 is 11.3 Å². The first-order chi connectivity index (χ1) is 14.0. The minimum atomic E-state index is -3.73. The molecule has 0 spiro atoms. The predicted molar refractivity (Wildman–Crippen MR) is 113 cm³/mol. The molecule has 4 rings (SSSR count). The molecule has 0 aliphatic rings. The second-order valence-corrected chi connectivity index (χ2v) is 8.60. The smallest absolute Gasteiger partial charge is 0.272 e. The molecule has 0 unspecified atom stereocenters. The normalized spacial score (nSPS) is 11.2. The van der Waals surface area contributed by atoms with Gasteiger partial charge in [0.2, 0.25) is 0 Å². The van der Waals surface area contributed by atoms with Gasteiger partial charge in [-0.1, -0.05) is 18.2 Å². The maximum atomic E-state index is 12.7. The maximum Gasteiger partial charge on any atom is 0.272 e. The summed E-state index contributed by atoms with van der Waals surface area (Å²) in [6.45, 7) is 0. The zero-order valence-corrected chi connectivity index (χ0v) is 16.7. The lowest BCUT2D eigenvalue weighted by atomic mass is 10.3. The molecule has 0 bridgehead atoms. The molecule has 2 N–H and O–H groups in total. The molecular weight excluding hydrogens is 408 g/mol. The molecule has 2 aromatic heterocycles. The van der Waals surface area contributed by atoms with Crippen molar-refractivity contribution in [3.05, 3.63) is 90.2 Å². The van der Waals surface area contributed by atoms with Crippen molar-refractivity contribution in [1.82, 2.24) is 9.55 Å². The molecule has 0 aliphatic heterocycles. The second-order valence-electron chi connectivity index (χ2n) is 6.02. The summed E-state index contributed by atoms with van der Waals surface area (Å²) in [5.41, 5.74) is 1.83. The maximum absolute atomic E-state index is 12.7. The van der Waals surface area contributed by atoms with Crippen molar-refractivity contribution in [1.29, 1.82) is 0 Å². The summed E-state index contributed by atoms with van der Waals surface area (Å²) >= 11 is 1.19. The van der Waals surface area contributed by atoms with Gasteiger partial charge in [-0.15, -0.1) is 11.3 Å². The third-order valence-electron chi connectivity index (χ3n) is 4.09. The van der Waals surface area contributed by atoms with E-state index in [4.69, 9.17) is 0 Å². The summed E-state index contributed by atoms with van der Waals surface area (Å²) in [7, 11) is -3.73. The minimum Gasteiger partial charge on any atom is -0.321 e. The number of amides is 1. The van der Waals surface area contributed by atoms with E-state index in [1.807, 2.05) is 36.5 Å². The van der Waals surface area contributed by atoms with Crippen LogP contribution < -0.4 is 10.0 Å². The molecular formula is C20H16N4O3S2. The molecule has 29 heavy (non-hydrogen) atoms. The zero-order chi connectivity index (χ0) is 20.3. The van der Waals surface area contributed by atoms with Crippen LogP contribution in [0.4, 0.5) is 10.8 Å². The zero-order valence-electron chi connectivity index (χ0n) is 15.0. The van der Waals surface area contributed by atoms with Crippen LogP contribution in [0.5, 0.6) is 0 Å². The van der Waals surface area contributed by atoms with Gasteiger partial charge in [-0.25, -0.2) is 13.4 Å². The van der Waals surface area contributed by atoms with Gasteiger partial charge in [0, 0.05) is 29.1 Å². The Morgan fingerprint density at radius 2 is 1.72 bits per heavy atom. The number of nitrogens with zero attached hydrogens (tertiary/aromatic N) is 2. The largest absolute Gasteiger partial charge is 0.321 e. The van der Waals surface area contributed by atoms with Gasteiger partial charge < -0.3 is 9.88 Å². The number of para-hydroxylation sites is 1. The Morgan fingerprint density at radius 3 is 2.41 bits per heavy atom. The van der Waals surface area contributed by atoms with E-state index in [1.165, 1.54) is 29.7 Å². The van der Waals surface area contributed by atoms with E-state index in [0.717, 1.165) is 5.69 Å². The highest BCUT2D eigenvalue weighted by Crippen LogP contribution is 2.20. The summed E-state index contributed by atoms with van der Waals surface area (Å²) < 4.78 is 29.0. The second kappa shape index (κ2) is 7.90. The third-order valence-corrected chi connectivity index (χ3v) is 6.26. The first-order valence-electron chi connectivity index (χ1n) is 8.59. The lowest BCUT2D eigenvalue weighted by molar-refractivity contribution is 0.102. The number of sulfonamides is 1. The average molecular weight is 425 g/mol. The van der Waals surface area contributed by atoms with Crippen LogP contribution in [-0.2, 0) is 10.0 Å². The van der Waals surface area contributed by atoms with Gasteiger partial charge in [0.15, 0.2) is 5.13 Å². The Morgan fingerprint density at radius 1 is 0.966 bits per heavy atom. The molecule has 2 heterocycles. The summed E-state index contributed by atoms with van der Waals surface area (Å²) in [6, 6.07) is 19.0. The lowest BCUT2D eigenvalue weighted by Crippen LogP contribution is -2.16. The lowest BCUT2D eigenvalue weighted by Gasteiger charge is -2.10. The van der Waals surface area contributed by atoms with Crippen molar-refractivity contribution < 1.29 is 13.2 Å². The van der Waals surface area contributed by atoms with E-state index in [9.17, 15) is 13.2 Å². The van der Waals surface area contributed by atoms with Gasteiger partial charge in [0.05, 0.1) is 4.90 Å². The van der Waals surface area contributed by atoms with E-state index >= 15 is 0 Å². The number of nitrogens with one attached hydrogen (secondary N) is 2. The van der Waals surface area contributed by atoms with Gasteiger partial charge in [-0.2, -0.15) is 0 Å². The Bertz CT molecular complexity index is 1220. The molecule has 0 atom stereocenters. The van der Waals surface area contributed by atoms with E-state index in [-0.39, 0.29) is 10.8 Å².